The van der Waals surface area contributed by atoms with Gasteiger partial charge >= 0.3 is 0 Å². The molecule has 0 amide bonds. The van der Waals surface area contributed by atoms with E-state index in [0.29, 0.717) is 5.92 Å². The zero-order valence-electron chi connectivity index (χ0n) is 9.74. The number of benzene rings is 1. The highest BCUT2D eigenvalue weighted by atomic mass is 19.1. The van der Waals surface area contributed by atoms with Crippen molar-refractivity contribution in [1.82, 2.24) is 0 Å². The van der Waals surface area contributed by atoms with Crippen LogP contribution in [0.15, 0.2) is 18.2 Å². The molecular formula is C13H15FN2O. The van der Waals surface area contributed by atoms with Crippen LogP contribution in [0.25, 0.3) is 0 Å². The van der Waals surface area contributed by atoms with Gasteiger partial charge in [-0.1, -0.05) is 0 Å². The number of halogens is 1. The van der Waals surface area contributed by atoms with E-state index in [1.165, 1.54) is 6.07 Å². The fourth-order valence-corrected chi connectivity index (χ4v) is 2.03. The predicted molar refractivity (Wildman–Crippen MR) is 63.1 cm³/mol. The summed E-state index contributed by atoms with van der Waals surface area (Å²) >= 11 is 0. The van der Waals surface area contributed by atoms with Crippen molar-refractivity contribution in [3.63, 3.8) is 0 Å². The highest BCUT2D eigenvalue weighted by molar-refractivity contribution is 5.50. The lowest BCUT2D eigenvalue weighted by molar-refractivity contribution is 0.183. The van der Waals surface area contributed by atoms with Crippen LogP contribution in [0.4, 0.5) is 10.1 Å². The van der Waals surface area contributed by atoms with Gasteiger partial charge in [0.1, 0.15) is 11.9 Å². The van der Waals surface area contributed by atoms with Gasteiger partial charge in [-0.2, -0.15) is 5.26 Å². The van der Waals surface area contributed by atoms with Gasteiger partial charge in [0, 0.05) is 24.3 Å². The number of hydrogen-bond donors (Lipinski definition) is 1. The molecule has 17 heavy (non-hydrogen) atoms. The number of nitriles is 1. The second-order valence-electron chi connectivity index (χ2n) is 4.36. The molecule has 90 valence electrons. The van der Waals surface area contributed by atoms with Crippen molar-refractivity contribution >= 4 is 5.69 Å². The van der Waals surface area contributed by atoms with Gasteiger partial charge in [-0.05, 0) is 31.5 Å². The van der Waals surface area contributed by atoms with Crippen LogP contribution in [0.5, 0.6) is 0 Å². The summed E-state index contributed by atoms with van der Waals surface area (Å²) in [6.45, 7) is 3.65. The van der Waals surface area contributed by atoms with Gasteiger partial charge in [0.05, 0.1) is 12.2 Å². The average molecular weight is 234 g/mol. The Balaban J connectivity index is 2.05. The van der Waals surface area contributed by atoms with Gasteiger partial charge in [-0.15, -0.1) is 0 Å². The molecule has 1 aromatic carbocycles. The van der Waals surface area contributed by atoms with E-state index < -0.39 is 5.82 Å². The average Bonchev–Trinajstić information content (AvgIpc) is 2.85. The maximum Gasteiger partial charge on any atom is 0.141 e. The molecule has 1 saturated heterocycles. The SMILES string of the molecule is CC(Nc1ccc(F)c(C#N)c1)C1CCOC1. The Kier molecular flexibility index (Phi) is 3.60. The Hall–Kier alpha value is -1.60. The van der Waals surface area contributed by atoms with Crippen LogP contribution < -0.4 is 5.32 Å². The van der Waals surface area contributed by atoms with E-state index in [1.54, 1.807) is 12.1 Å². The van der Waals surface area contributed by atoms with E-state index in [2.05, 4.69) is 12.2 Å². The summed E-state index contributed by atoms with van der Waals surface area (Å²) in [5.41, 5.74) is 0.854. The molecule has 3 nitrogen and oxygen atoms in total. The Bertz CT molecular complexity index is 436. The molecule has 0 aliphatic carbocycles. The number of ether oxygens (including phenoxy) is 1. The van der Waals surface area contributed by atoms with Crippen molar-refractivity contribution in [2.75, 3.05) is 18.5 Å². The van der Waals surface area contributed by atoms with Crippen LogP contribution in [0.2, 0.25) is 0 Å². The fraction of sp³-hybridized carbons (Fsp3) is 0.462. The summed E-state index contributed by atoms with van der Waals surface area (Å²) in [5.74, 6) is 0.000455. The van der Waals surface area contributed by atoms with Crippen LogP contribution in [0, 0.1) is 23.1 Å². The second-order valence-corrected chi connectivity index (χ2v) is 4.36. The third-order valence-corrected chi connectivity index (χ3v) is 3.15. The van der Waals surface area contributed by atoms with Crippen LogP contribution in [0.1, 0.15) is 18.9 Å². The minimum Gasteiger partial charge on any atom is -0.382 e. The van der Waals surface area contributed by atoms with Crippen LogP contribution in [0.3, 0.4) is 0 Å². The van der Waals surface area contributed by atoms with Crippen molar-refractivity contribution in [2.24, 2.45) is 5.92 Å². The van der Waals surface area contributed by atoms with Crippen molar-refractivity contribution in [3.8, 4) is 6.07 Å². The molecule has 4 heteroatoms. The summed E-state index contributed by atoms with van der Waals surface area (Å²) in [5, 5.41) is 12.0. The van der Waals surface area contributed by atoms with Crippen molar-refractivity contribution in [2.45, 2.75) is 19.4 Å². The van der Waals surface area contributed by atoms with Crippen molar-refractivity contribution < 1.29 is 9.13 Å². The van der Waals surface area contributed by atoms with E-state index in [9.17, 15) is 4.39 Å². The monoisotopic (exact) mass is 234 g/mol. The molecule has 1 fully saturated rings. The third kappa shape index (κ3) is 2.75. The minimum atomic E-state index is -0.477. The summed E-state index contributed by atoms with van der Waals surface area (Å²) in [6, 6.07) is 6.61. The number of nitrogens with zero attached hydrogens (tertiary/aromatic N) is 1. The second kappa shape index (κ2) is 5.15. The molecule has 2 unspecified atom stereocenters. The highest BCUT2D eigenvalue weighted by Crippen LogP contribution is 2.21. The highest BCUT2D eigenvalue weighted by Gasteiger charge is 2.22. The molecule has 1 aliphatic rings. The lowest BCUT2D eigenvalue weighted by Gasteiger charge is -2.20. The first kappa shape index (κ1) is 11.9. The van der Waals surface area contributed by atoms with Gasteiger partial charge in [0.15, 0.2) is 0 Å². The van der Waals surface area contributed by atoms with E-state index in [1.807, 2.05) is 6.07 Å². The van der Waals surface area contributed by atoms with E-state index in [4.69, 9.17) is 10.00 Å². The molecule has 0 bridgehead atoms. The predicted octanol–water partition coefficient (Wildman–Crippen LogP) is 2.53. The Labute approximate surface area is 100 Å². The molecule has 0 saturated carbocycles. The van der Waals surface area contributed by atoms with Crippen LogP contribution in [-0.4, -0.2) is 19.3 Å². The van der Waals surface area contributed by atoms with Crippen LogP contribution in [-0.2, 0) is 4.74 Å². The molecule has 0 aromatic heterocycles. The number of anilines is 1. The first-order chi connectivity index (χ1) is 8.20. The quantitative estimate of drug-likeness (QED) is 0.874. The van der Waals surface area contributed by atoms with Gasteiger partial charge in [-0.3, -0.25) is 0 Å². The first-order valence-corrected chi connectivity index (χ1v) is 5.74. The van der Waals surface area contributed by atoms with E-state index in [-0.39, 0.29) is 11.6 Å². The molecule has 2 rings (SSSR count). The normalized spacial score (nSPS) is 20.9. The standard InChI is InChI=1S/C13H15FN2O/c1-9(10-4-5-17-8-10)16-12-2-3-13(14)11(6-12)7-15/h2-3,6,9-10,16H,4-5,8H2,1H3. The van der Waals surface area contributed by atoms with E-state index >= 15 is 0 Å². The summed E-state index contributed by atoms with van der Waals surface area (Å²) in [6.07, 6.45) is 1.04. The molecule has 1 N–H and O–H groups in total. The number of hydrogen-bond acceptors (Lipinski definition) is 3. The molecule has 0 radical (unpaired) electrons. The number of nitrogens with one attached hydrogen (secondary N) is 1. The maximum atomic E-state index is 13.1. The topological polar surface area (TPSA) is 45.0 Å². The van der Waals surface area contributed by atoms with Gasteiger partial charge < -0.3 is 10.1 Å². The van der Waals surface area contributed by atoms with Crippen LogP contribution >= 0.6 is 0 Å². The van der Waals surface area contributed by atoms with Crippen molar-refractivity contribution in [1.29, 1.82) is 5.26 Å². The molecular weight excluding hydrogens is 219 g/mol. The zero-order valence-corrected chi connectivity index (χ0v) is 9.74. The maximum absolute atomic E-state index is 13.1. The Morgan fingerprint density at radius 2 is 2.41 bits per heavy atom. The molecule has 1 aliphatic heterocycles. The van der Waals surface area contributed by atoms with E-state index in [0.717, 1.165) is 25.3 Å². The summed E-state index contributed by atoms with van der Waals surface area (Å²) < 4.78 is 18.5. The lowest BCUT2D eigenvalue weighted by Crippen LogP contribution is -2.26. The zero-order chi connectivity index (χ0) is 12.3. The smallest absolute Gasteiger partial charge is 0.141 e. The first-order valence-electron chi connectivity index (χ1n) is 5.74. The lowest BCUT2D eigenvalue weighted by atomic mass is 10.0. The molecule has 1 aromatic rings. The Morgan fingerprint density at radius 3 is 3.06 bits per heavy atom. The fourth-order valence-electron chi connectivity index (χ4n) is 2.03. The molecule has 1 heterocycles. The Morgan fingerprint density at radius 1 is 1.59 bits per heavy atom. The molecule has 2 atom stereocenters. The van der Waals surface area contributed by atoms with Gasteiger partial charge in [-0.25, -0.2) is 4.39 Å². The largest absolute Gasteiger partial charge is 0.382 e. The summed E-state index contributed by atoms with van der Waals surface area (Å²) in [7, 11) is 0. The van der Waals surface area contributed by atoms with Crippen molar-refractivity contribution in [3.05, 3.63) is 29.6 Å². The summed E-state index contributed by atoms with van der Waals surface area (Å²) in [4.78, 5) is 0. The minimum absolute atomic E-state index is 0.0740. The van der Waals surface area contributed by atoms with Gasteiger partial charge in [0.25, 0.3) is 0 Å². The van der Waals surface area contributed by atoms with Gasteiger partial charge in [0.2, 0.25) is 0 Å². The molecule has 0 spiro atoms. The number of rotatable bonds is 3. The third-order valence-electron chi connectivity index (χ3n) is 3.15.